The molecule has 6 aromatic rings. The Morgan fingerprint density at radius 3 is 1.44 bits per heavy atom. The van der Waals surface area contributed by atoms with Crippen LogP contribution in [0.1, 0.15) is 22.3 Å². The number of benzene rings is 6. The molecule has 1 spiro atoms. The molecule has 0 N–H and O–H groups in total. The molecule has 36 heavy (non-hydrogen) atoms. The van der Waals surface area contributed by atoms with E-state index in [4.69, 9.17) is 0 Å². The zero-order valence-electron chi connectivity index (χ0n) is 19.7. The maximum Gasteiger partial charge on any atom is 0.0754 e. The van der Waals surface area contributed by atoms with Gasteiger partial charge in [-0.05, 0) is 57.0 Å². The highest BCUT2D eigenvalue weighted by Gasteiger charge is 2.51. The molecule has 0 radical (unpaired) electrons. The van der Waals surface area contributed by atoms with Gasteiger partial charge in [0.15, 0.2) is 0 Å². The quantitative estimate of drug-likeness (QED) is 0.238. The van der Waals surface area contributed by atoms with E-state index in [0.717, 1.165) is 0 Å². The standard InChI is InChI=1S/C35H23N/c1-2-14-25-24(12-1)13-11-23-32(25)36-33-21-9-7-19-30(33)35(31-20-8-10-22-34(31)36)28-17-5-3-15-26(28)27-16-4-6-18-29(27)35/h1-23H. The van der Waals surface area contributed by atoms with Crippen LogP contribution in [0, 0.1) is 0 Å². The Morgan fingerprint density at radius 1 is 0.361 bits per heavy atom. The van der Waals surface area contributed by atoms with Crippen LogP contribution in [-0.2, 0) is 5.41 Å². The molecule has 1 heterocycles. The van der Waals surface area contributed by atoms with Crippen LogP contribution in [0.3, 0.4) is 0 Å². The van der Waals surface area contributed by atoms with Crippen molar-refractivity contribution in [1.29, 1.82) is 0 Å². The third-order valence-electron chi connectivity index (χ3n) is 8.06. The van der Waals surface area contributed by atoms with Gasteiger partial charge in [-0.1, -0.05) is 121 Å². The third-order valence-corrected chi connectivity index (χ3v) is 8.06. The number of hydrogen-bond donors (Lipinski definition) is 0. The minimum absolute atomic E-state index is 0.360. The van der Waals surface area contributed by atoms with E-state index in [9.17, 15) is 0 Å². The van der Waals surface area contributed by atoms with Crippen LogP contribution in [0.2, 0.25) is 0 Å². The molecule has 6 aromatic carbocycles. The van der Waals surface area contributed by atoms with Crippen LogP contribution in [-0.4, -0.2) is 0 Å². The van der Waals surface area contributed by atoms with Crippen LogP contribution >= 0.6 is 0 Å². The first kappa shape index (κ1) is 19.7. The van der Waals surface area contributed by atoms with Gasteiger partial charge in [0.2, 0.25) is 0 Å². The molecule has 0 unspecified atom stereocenters. The van der Waals surface area contributed by atoms with E-state index in [1.807, 2.05) is 0 Å². The van der Waals surface area contributed by atoms with Crippen LogP contribution < -0.4 is 4.90 Å². The van der Waals surface area contributed by atoms with E-state index in [-0.39, 0.29) is 5.41 Å². The summed E-state index contributed by atoms with van der Waals surface area (Å²) < 4.78 is 0. The summed E-state index contributed by atoms with van der Waals surface area (Å²) in [5.41, 5.74) is 11.4. The van der Waals surface area contributed by atoms with E-state index < -0.39 is 0 Å². The average molecular weight is 458 g/mol. The summed E-state index contributed by atoms with van der Waals surface area (Å²) in [6.45, 7) is 0. The second-order valence-electron chi connectivity index (χ2n) is 9.71. The number of anilines is 3. The first-order valence-electron chi connectivity index (χ1n) is 12.6. The highest BCUT2D eigenvalue weighted by Crippen LogP contribution is 2.63. The summed E-state index contributed by atoms with van der Waals surface area (Å²) in [5, 5.41) is 2.51. The SMILES string of the molecule is c1ccc2c(c1)-c1ccccc1C21c2ccccc2N(c2cccc3ccccc23)c2ccccc21. The van der Waals surface area contributed by atoms with Crippen LogP contribution in [0.4, 0.5) is 17.1 Å². The second kappa shape index (κ2) is 7.19. The number of hydrogen-bond acceptors (Lipinski definition) is 1. The molecule has 0 amide bonds. The normalized spacial score (nSPS) is 14.3. The lowest BCUT2D eigenvalue weighted by atomic mass is 9.64. The van der Waals surface area contributed by atoms with Gasteiger partial charge in [0.1, 0.15) is 0 Å². The van der Waals surface area contributed by atoms with Crippen molar-refractivity contribution in [3.8, 4) is 11.1 Å². The molecular formula is C35H23N. The molecule has 2 aliphatic rings. The molecule has 0 aromatic heterocycles. The van der Waals surface area contributed by atoms with E-state index in [0.29, 0.717) is 0 Å². The van der Waals surface area contributed by atoms with Crippen LogP contribution in [0.15, 0.2) is 140 Å². The molecular weight excluding hydrogens is 434 g/mol. The fourth-order valence-electron chi connectivity index (χ4n) is 6.72. The number of rotatable bonds is 1. The number of fused-ring (bicyclic) bond motifs is 10. The Kier molecular flexibility index (Phi) is 3.93. The monoisotopic (exact) mass is 457 g/mol. The highest BCUT2D eigenvalue weighted by molar-refractivity contribution is 6.03. The van der Waals surface area contributed by atoms with Gasteiger partial charge in [-0.15, -0.1) is 0 Å². The molecule has 8 rings (SSSR count). The molecule has 168 valence electrons. The first-order chi connectivity index (χ1) is 17.9. The van der Waals surface area contributed by atoms with Crippen molar-refractivity contribution in [3.63, 3.8) is 0 Å². The smallest absolute Gasteiger partial charge is 0.0754 e. The van der Waals surface area contributed by atoms with Crippen molar-refractivity contribution in [3.05, 3.63) is 162 Å². The predicted molar refractivity (Wildman–Crippen MR) is 149 cm³/mol. The van der Waals surface area contributed by atoms with E-state index in [1.54, 1.807) is 0 Å². The van der Waals surface area contributed by atoms with E-state index in [1.165, 1.54) is 61.2 Å². The van der Waals surface area contributed by atoms with Crippen LogP contribution in [0.25, 0.3) is 21.9 Å². The molecule has 0 fully saturated rings. The van der Waals surface area contributed by atoms with Gasteiger partial charge in [0.25, 0.3) is 0 Å². The summed E-state index contributed by atoms with van der Waals surface area (Å²) in [6, 6.07) is 51.2. The second-order valence-corrected chi connectivity index (χ2v) is 9.71. The Bertz CT molecular complexity index is 1710. The highest BCUT2D eigenvalue weighted by atomic mass is 15.2. The van der Waals surface area contributed by atoms with Crippen molar-refractivity contribution in [2.75, 3.05) is 4.90 Å². The minimum Gasteiger partial charge on any atom is -0.309 e. The summed E-state index contributed by atoms with van der Waals surface area (Å²) in [7, 11) is 0. The van der Waals surface area contributed by atoms with E-state index in [2.05, 4.69) is 144 Å². The van der Waals surface area contributed by atoms with Gasteiger partial charge in [-0.2, -0.15) is 0 Å². The minimum atomic E-state index is -0.360. The lowest BCUT2D eigenvalue weighted by molar-refractivity contribution is 0.753. The zero-order valence-corrected chi connectivity index (χ0v) is 19.7. The van der Waals surface area contributed by atoms with Crippen molar-refractivity contribution >= 4 is 27.8 Å². The van der Waals surface area contributed by atoms with Gasteiger partial charge in [0, 0.05) is 5.39 Å². The van der Waals surface area contributed by atoms with Crippen LogP contribution in [0.5, 0.6) is 0 Å². The lowest BCUT2D eigenvalue weighted by Gasteiger charge is -2.45. The van der Waals surface area contributed by atoms with Gasteiger partial charge in [-0.25, -0.2) is 0 Å². The Morgan fingerprint density at radius 2 is 0.806 bits per heavy atom. The number of nitrogens with zero attached hydrogens (tertiary/aromatic N) is 1. The molecule has 0 saturated heterocycles. The van der Waals surface area contributed by atoms with Crippen molar-refractivity contribution < 1.29 is 0 Å². The average Bonchev–Trinajstić information content (AvgIpc) is 3.25. The molecule has 0 saturated carbocycles. The molecule has 0 atom stereocenters. The Hall–Kier alpha value is -4.62. The van der Waals surface area contributed by atoms with Gasteiger partial charge < -0.3 is 4.90 Å². The number of para-hydroxylation sites is 2. The first-order valence-corrected chi connectivity index (χ1v) is 12.6. The summed E-state index contributed by atoms with van der Waals surface area (Å²) in [6.07, 6.45) is 0. The Labute approximate surface area is 210 Å². The predicted octanol–water partition coefficient (Wildman–Crippen LogP) is 8.99. The van der Waals surface area contributed by atoms with E-state index >= 15 is 0 Å². The van der Waals surface area contributed by atoms with Crippen molar-refractivity contribution in [2.45, 2.75) is 5.41 Å². The molecule has 0 bridgehead atoms. The Balaban J connectivity index is 1.54. The van der Waals surface area contributed by atoms with Gasteiger partial charge >= 0.3 is 0 Å². The molecule has 1 nitrogen and oxygen atoms in total. The maximum atomic E-state index is 2.47. The maximum absolute atomic E-state index is 2.47. The molecule has 1 aliphatic heterocycles. The molecule has 1 aliphatic carbocycles. The van der Waals surface area contributed by atoms with Gasteiger partial charge in [0.05, 0.1) is 22.5 Å². The van der Waals surface area contributed by atoms with Crippen molar-refractivity contribution in [1.82, 2.24) is 0 Å². The summed E-state index contributed by atoms with van der Waals surface area (Å²) >= 11 is 0. The topological polar surface area (TPSA) is 3.24 Å². The summed E-state index contributed by atoms with van der Waals surface area (Å²) in [5.74, 6) is 0. The van der Waals surface area contributed by atoms with Gasteiger partial charge in [-0.3, -0.25) is 0 Å². The van der Waals surface area contributed by atoms with Crippen molar-refractivity contribution in [2.24, 2.45) is 0 Å². The fraction of sp³-hybridized carbons (Fsp3) is 0.0286. The lowest BCUT2D eigenvalue weighted by Crippen LogP contribution is -2.36. The fourth-order valence-corrected chi connectivity index (χ4v) is 6.72. The zero-order chi connectivity index (χ0) is 23.7. The summed E-state index contributed by atoms with van der Waals surface area (Å²) in [4.78, 5) is 2.47. The molecule has 1 heteroatoms. The third kappa shape index (κ3) is 2.35. The largest absolute Gasteiger partial charge is 0.309 e.